The van der Waals surface area contributed by atoms with E-state index in [1.807, 2.05) is 0 Å². The van der Waals surface area contributed by atoms with Crippen LogP contribution in [0.15, 0.2) is 42.5 Å². The number of rotatable bonds is 7. The molecule has 0 spiro atoms. The molecule has 1 aliphatic carbocycles. The normalized spacial score (nSPS) is 14.4. The van der Waals surface area contributed by atoms with Gasteiger partial charge >= 0.3 is 0 Å². The predicted molar refractivity (Wildman–Crippen MR) is 104 cm³/mol. The van der Waals surface area contributed by atoms with Crippen LogP contribution >= 0.6 is 0 Å². The van der Waals surface area contributed by atoms with E-state index in [0.717, 1.165) is 7.28 Å². The molecule has 2 aromatic rings. The quantitative estimate of drug-likeness (QED) is 0.597. The van der Waals surface area contributed by atoms with Crippen LogP contribution in [0.25, 0.3) is 11.1 Å². The van der Waals surface area contributed by atoms with Gasteiger partial charge in [0.1, 0.15) is 0 Å². The molecule has 0 heterocycles. The molecule has 0 bridgehead atoms. The summed E-state index contributed by atoms with van der Waals surface area (Å²) in [4.78, 5) is 0. The van der Waals surface area contributed by atoms with Crippen molar-refractivity contribution in [2.75, 3.05) is 0 Å². The van der Waals surface area contributed by atoms with Crippen molar-refractivity contribution < 1.29 is 0 Å². The van der Waals surface area contributed by atoms with Crippen molar-refractivity contribution in [1.82, 2.24) is 0 Å². The zero-order valence-corrected chi connectivity index (χ0v) is 15.0. The summed E-state index contributed by atoms with van der Waals surface area (Å²) in [5.74, 6) is 0. The molecule has 0 unspecified atom stereocenters. The van der Waals surface area contributed by atoms with Crippen molar-refractivity contribution in [3.05, 3.63) is 53.6 Å². The van der Waals surface area contributed by atoms with E-state index in [0.29, 0.717) is 0 Å². The molecule has 0 aliphatic heterocycles. The van der Waals surface area contributed by atoms with Gasteiger partial charge in [-0.25, -0.2) is 0 Å². The van der Waals surface area contributed by atoms with E-state index in [-0.39, 0.29) is 5.41 Å². The monoisotopic (exact) mass is 304 g/mol. The van der Waals surface area contributed by atoms with E-state index in [1.165, 1.54) is 55.1 Å². The number of hydrogen-bond donors (Lipinski definition) is 0. The van der Waals surface area contributed by atoms with Crippen LogP contribution < -0.4 is 5.46 Å². The third-order valence-electron chi connectivity index (χ3n) is 5.65. The molecule has 120 valence electrons. The van der Waals surface area contributed by atoms with Crippen molar-refractivity contribution in [2.45, 2.75) is 64.6 Å². The zero-order chi connectivity index (χ0) is 16.3. The maximum Gasteiger partial charge on any atom is 0.154 e. The van der Waals surface area contributed by atoms with Crippen LogP contribution in [-0.4, -0.2) is 7.28 Å². The molecule has 0 nitrogen and oxygen atoms in total. The molecule has 0 aromatic heterocycles. The Hall–Kier alpha value is -1.50. The highest BCUT2D eigenvalue weighted by molar-refractivity contribution is 6.52. The van der Waals surface area contributed by atoms with Gasteiger partial charge in [-0.05, 0) is 35.1 Å². The lowest BCUT2D eigenvalue weighted by Gasteiger charge is -2.33. The van der Waals surface area contributed by atoms with Crippen LogP contribution in [-0.2, 0) is 5.41 Å². The van der Waals surface area contributed by atoms with Gasteiger partial charge < -0.3 is 0 Å². The minimum Gasteiger partial charge on any atom is -0.0849 e. The van der Waals surface area contributed by atoms with Crippen molar-refractivity contribution >= 4 is 12.7 Å². The Morgan fingerprint density at radius 3 is 2.13 bits per heavy atom. The van der Waals surface area contributed by atoms with Gasteiger partial charge in [-0.3, -0.25) is 0 Å². The highest BCUT2D eigenvalue weighted by Gasteiger charge is 2.41. The molecular weight excluding hydrogens is 275 g/mol. The summed E-state index contributed by atoms with van der Waals surface area (Å²) in [6, 6.07) is 16.4. The van der Waals surface area contributed by atoms with E-state index in [9.17, 15) is 0 Å². The summed E-state index contributed by atoms with van der Waals surface area (Å²) >= 11 is 0. The Morgan fingerprint density at radius 1 is 0.826 bits per heavy atom. The largest absolute Gasteiger partial charge is 0.154 e. The Kier molecular flexibility index (Phi) is 4.94. The Labute approximate surface area is 142 Å². The van der Waals surface area contributed by atoms with Gasteiger partial charge in [0.25, 0.3) is 0 Å². The molecule has 1 aliphatic rings. The Morgan fingerprint density at radius 2 is 1.48 bits per heavy atom. The lowest BCUT2D eigenvalue weighted by molar-refractivity contribution is 0.414. The third kappa shape index (κ3) is 2.75. The molecular formula is C22H29B. The third-order valence-corrected chi connectivity index (χ3v) is 5.65. The first kappa shape index (κ1) is 16.4. The van der Waals surface area contributed by atoms with Crippen LogP contribution in [0.3, 0.4) is 0 Å². The second-order valence-corrected chi connectivity index (χ2v) is 7.07. The molecule has 0 N–H and O–H groups in total. The van der Waals surface area contributed by atoms with Crippen molar-refractivity contribution in [2.24, 2.45) is 0 Å². The number of hydrogen-bond acceptors (Lipinski definition) is 0. The fourth-order valence-electron chi connectivity index (χ4n) is 4.34. The predicted octanol–water partition coefficient (Wildman–Crippen LogP) is 5.44. The van der Waals surface area contributed by atoms with Gasteiger partial charge in [0.05, 0.1) is 0 Å². The van der Waals surface area contributed by atoms with E-state index in [2.05, 4.69) is 63.1 Å². The molecule has 0 radical (unpaired) electrons. The Bertz CT molecular complexity index is 663. The maximum absolute atomic E-state index is 2.51. The standard InChI is InChI=1S/C22H29B/c1-4-6-14-22(15-7-5-2)20-11-9-8-10-18(20)19-13-12-17(23-3)16-21(19)22/h8-13,16,23H,4-7,14-15H2,1-3H3. The summed E-state index contributed by atoms with van der Waals surface area (Å²) in [5, 5.41) is 0. The highest BCUT2D eigenvalue weighted by Crippen LogP contribution is 2.53. The van der Waals surface area contributed by atoms with E-state index in [1.54, 1.807) is 11.1 Å². The smallest absolute Gasteiger partial charge is 0.0849 e. The van der Waals surface area contributed by atoms with Gasteiger partial charge in [0, 0.05) is 5.41 Å². The van der Waals surface area contributed by atoms with Gasteiger partial charge in [-0.1, -0.05) is 94.3 Å². The Balaban J connectivity index is 2.19. The highest BCUT2D eigenvalue weighted by atomic mass is 14.4. The van der Waals surface area contributed by atoms with Crippen LogP contribution in [0.2, 0.25) is 6.82 Å². The fraction of sp³-hybridized carbons (Fsp3) is 0.455. The molecule has 0 saturated heterocycles. The van der Waals surface area contributed by atoms with Crippen molar-refractivity contribution in [3.63, 3.8) is 0 Å². The first-order chi connectivity index (χ1) is 11.3. The van der Waals surface area contributed by atoms with Gasteiger partial charge in [0.15, 0.2) is 7.28 Å². The summed E-state index contributed by atoms with van der Waals surface area (Å²) in [5.41, 5.74) is 7.91. The van der Waals surface area contributed by atoms with Gasteiger partial charge in [-0.2, -0.15) is 0 Å². The number of fused-ring (bicyclic) bond motifs is 3. The van der Waals surface area contributed by atoms with Gasteiger partial charge in [0.2, 0.25) is 0 Å². The summed E-state index contributed by atoms with van der Waals surface area (Å²) in [7, 11) is 1.13. The summed E-state index contributed by atoms with van der Waals surface area (Å²) in [6.07, 6.45) is 7.76. The van der Waals surface area contributed by atoms with Crippen molar-refractivity contribution in [1.29, 1.82) is 0 Å². The lowest BCUT2D eigenvalue weighted by Crippen LogP contribution is -2.27. The van der Waals surface area contributed by atoms with E-state index < -0.39 is 0 Å². The maximum atomic E-state index is 2.51. The first-order valence-corrected chi connectivity index (χ1v) is 9.50. The summed E-state index contributed by atoms with van der Waals surface area (Å²) < 4.78 is 0. The zero-order valence-electron chi connectivity index (χ0n) is 15.0. The van der Waals surface area contributed by atoms with Crippen LogP contribution in [0.5, 0.6) is 0 Å². The van der Waals surface area contributed by atoms with E-state index >= 15 is 0 Å². The molecule has 0 atom stereocenters. The number of benzene rings is 2. The van der Waals surface area contributed by atoms with Crippen LogP contribution in [0.1, 0.15) is 63.5 Å². The lowest BCUT2D eigenvalue weighted by atomic mass is 9.67. The molecule has 0 amide bonds. The molecule has 1 heteroatoms. The summed E-state index contributed by atoms with van der Waals surface area (Å²) in [6.45, 7) is 6.90. The van der Waals surface area contributed by atoms with Crippen LogP contribution in [0.4, 0.5) is 0 Å². The first-order valence-electron chi connectivity index (χ1n) is 9.50. The molecule has 0 saturated carbocycles. The number of unbranched alkanes of at least 4 members (excludes halogenated alkanes) is 2. The van der Waals surface area contributed by atoms with Gasteiger partial charge in [-0.15, -0.1) is 0 Å². The minimum absolute atomic E-state index is 0.253. The van der Waals surface area contributed by atoms with E-state index in [4.69, 9.17) is 0 Å². The van der Waals surface area contributed by atoms with Crippen LogP contribution in [0, 0.1) is 0 Å². The average Bonchev–Trinajstić information content (AvgIpc) is 2.88. The molecule has 0 fully saturated rings. The molecule has 3 rings (SSSR count). The second-order valence-electron chi connectivity index (χ2n) is 7.07. The average molecular weight is 304 g/mol. The fourth-order valence-corrected chi connectivity index (χ4v) is 4.34. The van der Waals surface area contributed by atoms with Crippen molar-refractivity contribution in [3.8, 4) is 11.1 Å². The molecule has 2 aromatic carbocycles. The molecule has 23 heavy (non-hydrogen) atoms. The second kappa shape index (κ2) is 6.95. The minimum atomic E-state index is 0.253. The topological polar surface area (TPSA) is 0 Å². The SMILES string of the molecule is CBc1ccc2c(c1)C(CCCC)(CCCC)c1ccccc1-2.